The molecule has 1 N–H and O–H groups in total. The first-order valence-corrected chi connectivity index (χ1v) is 7.62. The van der Waals surface area contributed by atoms with E-state index in [1.165, 1.54) is 4.90 Å². The Morgan fingerprint density at radius 1 is 1.27 bits per heavy atom. The van der Waals surface area contributed by atoms with Gasteiger partial charge < -0.3 is 15.0 Å². The van der Waals surface area contributed by atoms with Crippen LogP contribution < -0.4 is 5.32 Å². The maximum Gasteiger partial charge on any atom is 0.396 e. The summed E-state index contributed by atoms with van der Waals surface area (Å²) in [5.41, 5.74) is -3.26. The molecule has 22 heavy (non-hydrogen) atoms. The number of ether oxygens (including phenoxy) is 1. The van der Waals surface area contributed by atoms with Crippen molar-refractivity contribution in [3.05, 3.63) is 0 Å². The van der Waals surface area contributed by atoms with Gasteiger partial charge in [0.25, 0.3) is 0 Å². The van der Waals surface area contributed by atoms with E-state index in [-0.39, 0.29) is 38.9 Å². The van der Waals surface area contributed by atoms with Crippen molar-refractivity contribution in [2.24, 2.45) is 11.3 Å². The van der Waals surface area contributed by atoms with Crippen LogP contribution in [0.15, 0.2) is 0 Å². The van der Waals surface area contributed by atoms with Gasteiger partial charge in [-0.1, -0.05) is 0 Å². The molecule has 0 bridgehead atoms. The number of carbonyl (C=O) groups is 1. The number of amides is 2. The van der Waals surface area contributed by atoms with Gasteiger partial charge in [0.05, 0.1) is 12.0 Å². The summed E-state index contributed by atoms with van der Waals surface area (Å²) in [7, 11) is 0. The quantitative estimate of drug-likeness (QED) is 0.793. The highest BCUT2D eigenvalue weighted by Gasteiger charge is 2.68. The Morgan fingerprint density at radius 3 is 2.45 bits per heavy atom. The third kappa shape index (κ3) is 2.55. The van der Waals surface area contributed by atoms with Gasteiger partial charge in [-0.3, -0.25) is 0 Å². The lowest BCUT2D eigenvalue weighted by Crippen LogP contribution is -2.52. The van der Waals surface area contributed by atoms with E-state index in [1.54, 1.807) is 0 Å². The monoisotopic (exact) mass is 324 g/mol. The van der Waals surface area contributed by atoms with Crippen molar-refractivity contribution in [2.75, 3.05) is 32.8 Å². The molecule has 126 valence electrons. The number of nitrogens with one attached hydrogen (secondary N) is 1. The van der Waals surface area contributed by atoms with E-state index < -0.39 is 29.2 Å². The molecule has 0 radical (unpaired) electrons. The molecule has 0 aromatic heterocycles. The zero-order chi connectivity index (χ0) is 16.0. The fourth-order valence-corrected chi connectivity index (χ4v) is 3.72. The van der Waals surface area contributed by atoms with E-state index in [0.717, 1.165) is 0 Å². The maximum absolute atomic E-state index is 14.4. The molecule has 0 unspecified atom stereocenters. The Hall–Kier alpha value is -1.05. The van der Waals surface area contributed by atoms with Crippen LogP contribution in [0.25, 0.3) is 0 Å². The minimum absolute atomic E-state index is 0.0787. The molecule has 2 saturated heterocycles. The molecule has 3 rings (SSSR count). The Bertz CT molecular complexity index is 451. The smallest absolute Gasteiger partial charge is 0.381 e. The zero-order valence-corrected chi connectivity index (χ0v) is 12.2. The Balaban J connectivity index is 1.56. The van der Waals surface area contributed by atoms with Crippen LogP contribution in [-0.4, -0.2) is 55.6 Å². The van der Waals surface area contributed by atoms with Crippen LogP contribution in [0.3, 0.4) is 0 Å². The minimum Gasteiger partial charge on any atom is -0.381 e. The van der Waals surface area contributed by atoms with Crippen LogP contribution in [0.1, 0.15) is 25.7 Å². The first kappa shape index (κ1) is 15.8. The van der Waals surface area contributed by atoms with E-state index in [0.29, 0.717) is 19.6 Å². The first-order chi connectivity index (χ1) is 10.3. The van der Waals surface area contributed by atoms with Gasteiger partial charge in [-0.15, -0.1) is 0 Å². The van der Waals surface area contributed by atoms with Crippen molar-refractivity contribution in [3.63, 3.8) is 0 Å². The molecule has 4 nitrogen and oxygen atoms in total. The van der Waals surface area contributed by atoms with Gasteiger partial charge in [0, 0.05) is 39.1 Å². The first-order valence-electron chi connectivity index (χ1n) is 7.62. The van der Waals surface area contributed by atoms with E-state index in [9.17, 15) is 22.4 Å². The second-order valence-electron chi connectivity index (χ2n) is 6.69. The van der Waals surface area contributed by atoms with Gasteiger partial charge in [0.15, 0.2) is 0 Å². The van der Waals surface area contributed by atoms with Crippen molar-refractivity contribution < 1.29 is 27.1 Å². The predicted octanol–water partition coefficient (Wildman–Crippen LogP) is 2.49. The Morgan fingerprint density at radius 2 is 1.95 bits per heavy atom. The fraction of sp³-hybridized carbons (Fsp3) is 0.929. The summed E-state index contributed by atoms with van der Waals surface area (Å²) in [6, 6.07) is -0.596. The third-order valence-electron chi connectivity index (χ3n) is 5.43. The molecule has 0 aromatic rings. The van der Waals surface area contributed by atoms with Crippen LogP contribution in [0.4, 0.5) is 22.4 Å². The summed E-state index contributed by atoms with van der Waals surface area (Å²) in [6.45, 7) is 0.225. The van der Waals surface area contributed by atoms with Crippen LogP contribution in [0, 0.1) is 11.3 Å². The molecule has 0 aromatic carbocycles. The number of hydrogen-bond acceptors (Lipinski definition) is 2. The number of likely N-dealkylation sites (tertiary alicyclic amines) is 1. The zero-order valence-electron chi connectivity index (χ0n) is 12.2. The molecular weight excluding hydrogens is 304 g/mol. The van der Waals surface area contributed by atoms with Gasteiger partial charge >= 0.3 is 12.2 Å². The second-order valence-corrected chi connectivity index (χ2v) is 6.69. The molecular formula is C14H20F4N2O2. The molecule has 2 atom stereocenters. The van der Waals surface area contributed by atoms with Gasteiger partial charge in [0.2, 0.25) is 0 Å². The van der Waals surface area contributed by atoms with Crippen molar-refractivity contribution in [1.29, 1.82) is 0 Å². The van der Waals surface area contributed by atoms with Crippen molar-refractivity contribution in [3.8, 4) is 0 Å². The highest BCUT2D eigenvalue weighted by molar-refractivity contribution is 5.75. The lowest BCUT2D eigenvalue weighted by molar-refractivity contribution is -0.259. The van der Waals surface area contributed by atoms with E-state index in [2.05, 4.69) is 5.32 Å². The molecule has 3 fully saturated rings. The van der Waals surface area contributed by atoms with Gasteiger partial charge in [0.1, 0.15) is 5.67 Å². The molecule has 3 aliphatic rings. The summed E-state index contributed by atoms with van der Waals surface area (Å²) < 4.78 is 59.0. The van der Waals surface area contributed by atoms with Crippen molar-refractivity contribution in [2.45, 2.75) is 37.5 Å². The SMILES string of the molecule is O=C(NCC1(F)CCOCC1)N1C[C@@H]2CC[C@]2(C(F)(F)F)C1. The third-order valence-corrected chi connectivity index (χ3v) is 5.43. The van der Waals surface area contributed by atoms with Crippen LogP contribution in [-0.2, 0) is 4.74 Å². The van der Waals surface area contributed by atoms with Gasteiger partial charge in [-0.05, 0) is 18.8 Å². The number of fused-ring (bicyclic) bond motifs is 1. The highest BCUT2D eigenvalue weighted by Crippen LogP contribution is 2.60. The van der Waals surface area contributed by atoms with E-state index in [4.69, 9.17) is 4.74 Å². The minimum atomic E-state index is -4.28. The molecule has 2 aliphatic heterocycles. The van der Waals surface area contributed by atoms with Crippen molar-refractivity contribution in [1.82, 2.24) is 10.2 Å². The molecule has 1 aliphatic carbocycles. The Kier molecular flexibility index (Phi) is 3.78. The standard InChI is InChI=1S/C14H20F4N2O2/c15-12(3-5-22-6-4-12)8-19-11(21)20-7-10-1-2-13(10,9-20)14(16,17)18/h10H,1-9H2,(H,19,21)/t10-,13-/m0/s1. The van der Waals surface area contributed by atoms with Crippen molar-refractivity contribution >= 4 is 6.03 Å². The number of halogens is 4. The summed E-state index contributed by atoms with van der Waals surface area (Å²) in [5, 5.41) is 2.46. The summed E-state index contributed by atoms with van der Waals surface area (Å²) in [5.74, 6) is -0.513. The Labute approximate surface area is 126 Å². The number of urea groups is 1. The van der Waals surface area contributed by atoms with Crippen LogP contribution in [0.2, 0.25) is 0 Å². The molecule has 2 amide bonds. The lowest BCUT2D eigenvalue weighted by atomic mass is 9.61. The summed E-state index contributed by atoms with van der Waals surface area (Å²) >= 11 is 0. The molecule has 2 heterocycles. The van der Waals surface area contributed by atoms with Gasteiger partial charge in [-0.25, -0.2) is 9.18 Å². The van der Waals surface area contributed by atoms with E-state index >= 15 is 0 Å². The molecule has 1 saturated carbocycles. The highest BCUT2D eigenvalue weighted by atomic mass is 19.4. The largest absolute Gasteiger partial charge is 0.396 e. The predicted molar refractivity (Wildman–Crippen MR) is 70.1 cm³/mol. The van der Waals surface area contributed by atoms with Crippen LogP contribution >= 0.6 is 0 Å². The topological polar surface area (TPSA) is 41.6 Å². The number of nitrogens with zero attached hydrogens (tertiary/aromatic N) is 1. The summed E-state index contributed by atoms with van der Waals surface area (Å²) in [6.07, 6.45) is -3.32. The average molecular weight is 324 g/mol. The van der Waals surface area contributed by atoms with Crippen LogP contribution in [0.5, 0.6) is 0 Å². The number of hydrogen-bond donors (Lipinski definition) is 1. The second kappa shape index (κ2) is 5.25. The number of alkyl halides is 4. The normalized spacial score (nSPS) is 34.0. The van der Waals surface area contributed by atoms with E-state index in [1.807, 2.05) is 0 Å². The fourth-order valence-electron chi connectivity index (χ4n) is 3.72. The average Bonchev–Trinajstić information content (AvgIpc) is 2.69. The number of rotatable bonds is 2. The van der Waals surface area contributed by atoms with Gasteiger partial charge in [-0.2, -0.15) is 13.2 Å². The number of carbonyl (C=O) groups excluding carboxylic acids is 1. The lowest BCUT2D eigenvalue weighted by Gasteiger charge is -2.44. The summed E-state index contributed by atoms with van der Waals surface area (Å²) in [4.78, 5) is 13.3. The molecule has 8 heteroatoms. The maximum atomic E-state index is 14.4. The molecule has 0 spiro atoms.